The highest BCUT2D eigenvalue weighted by Gasteiger charge is 2.28. The van der Waals surface area contributed by atoms with Crippen molar-refractivity contribution in [3.05, 3.63) is 0 Å². The molecular weight excluding hydrogens is 290 g/mol. The first-order valence-corrected chi connectivity index (χ1v) is 7.44. The molecule has 0 aliphatic heterocycles. The van der Waals surface area contributed by atoms with Crippen LogP contribution < -0.4 is 10.0 Å². The van der Waals surface area contributed by atoms with Crippen LogP contribution in [0.25, 0.3) is 0 Å². The first kappa shape index (κ1) is 18.3. The van der Waals surface area contributed by atoms with Gasteiger partial charge in [0.05, 0.1) is 0 Å². The normalized spacial score (nSPS) is 12.6. The van der Waals surface area contributed by atoms with Crippen LogP contribution in [-0.2, 0) is 24.4 Å². The van der Waals surface area contributed by atoms with Crippen LogP contribution in [-0.4, -0.2) is 68.1 Å². The Morgan fingerprint density at radius 2 is 1.85 bits per heavy atom. The van der Waals surface area contributed by atoms with E-state index >= 15 is 0 Å². The molecule has 0 aliphatic carbocycles. The van der Waals surface area contributed by atoms with E-state index in [4.69, 9.17) is 5.11 Å². The minimum atomic E-state index is -3.79. The third-order valence-electron chi connectivity index (χ3n) is 2.50. The highest BCUT2D eigenvalue weighted by molar-refractivity contribution is 7.90. The molecule has 0 saturated carbocycles. The number of carboxylic acid groups (broad SMARTS) is 1. The number of carbonyl (C=O) groups is 3. The maximum absolute atomic E-state index is 11.9. The van der Waals surface area contributed by atoms with Gasteiger partial charge in [0, 0.05) is 20.0 Å². The number of hydrogen-bond donors (Lipinski definition) is 3. The Bertz CT molecular complexity index is 475. The number of hydrogen-bond acceptors (Lipinski definition) is 5. The highest BCUT2D eigenvalue weighted by Crippen LogP contribution is 2.02. The van der Waals surface area contributed by atoms with Crippen molar-refractivity contribution in [3.63, 3.8) is 0 Å². The average molecular weight is 309 g/mol. The minimum absolute atomic E-state index is 0.0400. The van der Waals surface area contributed by atoms with Crippen LogP contribution in [0, 0.1) is 0 Å². The van der Waals surface area contributed by atoms with Gasteiger partial charge in [0.1, 0.15) is 11.8 Å². The standard InChI is InChI=1S/C10H19N3O6S/c1-7(10(16)17)13(5-4-12-8(2)14)9(15)6-20(18,19)11-3/h7,11H,4-6H2,1-3H3,(H,12,14)(H,16,17). The van der Waals surface area contributed by atoms with Gasteiger partial charge in [-0.05, 0) is 14.0 Å². The molecule has 20 heavy (non-hydrogen) atoms. The van der Waals surface area contributed by atoms with Gasteiger partial charge >= 0.3 is 5.97 Å². The van der Waals surface area contributed by atoms with Crippen molar-refractivity contribution in [2.45, 2.75) is 19.9 Å². The molecule has 2 amide bonds. The molecule has 116 valence electrons. The average Bonchev–Trinajstić information content (AvgIpc) is 2.32. The summed E-state index contributed by atoms with van der Waals surface area (Å²) < 4.78 is 24.6. The maximum Gasteiger partial charge on any atom is 0.326 e. The molecule has 0 fully saturated rings. The van der Waals surface area contributed by atoms with E-state index in [1.165, 1.54) is 13.8 Å². The molecule has 0 heterocycles. The summed E-state index contributed by atoms with van der Waals surface area (Å²) in [5, 5.41) is 11.3. The van der Waals surface area contributed by atoms with Gasteiger partial charge in [0.15, 0.2) is 0 Å². The molecule has 10 heteroatoms. The Kier molecular flexibility index (Phi) is 7.14. The van der Waals surface area contributed by atoms with E-state index in [-0.39, 0.29) is 19.0 Å². The van der Waals surface area contributed by atoms with E-state index in [1.54, 1.807) is 0 Å². The smallest absolute Gasteiger partial charge is 0.326 e. The van der Waals surface area contributed by atoms with Gasteiger partial charge in [0.25, 0.3) is 0 Å². The van der Waals surface area contributed by atoms with E-state index in [0.29, 0.717) is 0 Å². The number of carbonyl (C=O) groups excluding carboxylic acids is 2. The van der Waals surface area contributed by atoms with Crippen molar-refractivity contribution in [1.29, 1.82) is 0 Å². The molecule has 0 rings (SSSR count). The van der Waals surface area contributed by atoms with Gasteiger partial charge in [-0.2, -0.15) is 0 Å². The molecule has 9 nitrogen and oxygen atoms in total. The number of amides is 2. The fraction of sp³-hybridized carbons (Fsp3) is 0.700. The van der Waals surface area contributed by atoms with Crippen molar-refractivity contribution in [2.75, 3.05) is 25.9 Å². The second-order valence-corrected chi connectivity index (χ2v) is 5.97. The molecular formula is C10H19N3O6S. The predicted octanol–water partition coefficient (Wildman–Crippen LogP) is -2.03. The fourth-order valence-electron chi connectivity index (χ4n) is 1.34. The Balaban J connectivity index is 4.88. The van der Waals surface area contributed by atoms with E-state index in [2.05, 4.69) is 5.32 Å². The molecule has 0 bridgehead atoms. The predicted molar refractivity (Wildman–Crippen MR) is 70.3 cm³/mol. The van der Waals surface area contributed by atoms with Crippen molar-refractivity contribution in [1.82, 2.24) is 14.9 Å². The van der Waals surface area contributed by atoms with Gasteiger partial charge < -0.3 is 15.3 Å². The van der Waals surface area contributed by atoms with Gasteiger partial charge in [-0.25, -0.2) is 17.9 Å². The van der Waals surface area contributed by atoms with E-state index in [0.717, 1.165) is 11.9 Å². The van der Waals surface area contributed by atoms with Crippen LogP contribution in [0.4, 0.5) is 0 Å². The first-order chi connectivity index (χ1) is 9.10. The summed E-state index contributed by atoms with van der Waals surface area (Å²) in [6.07, 6.45) is 0. The Hall–Kier alpha value is -1.68. The first-order valence-electron chi connectivity index (χ1n) is 5.78. The maximum atomic E-state index is 11.9. The zero-order chi connectivity index (χ0) is 15.9. The summed E-state index contributed by atoms with van der Waals surface area (Å²) in [6, 6.07) is -1.19. The third kappa shape index (κ3) is 6.48. The Morgan fingerprint density at radius 1 is 1.30 bits per heavy atom. The van der Waals surface area contributed by atoms with Crippen LogP contribution in [0.2, 0.25) is 0 Å². The highest BCUT2D eigenvalue weighted by atomic mass is 32.2. The molecule has 1 unspecified atom stereocenters. The molecule has 0 aromatic carbocycles. The lowest BCUT2D eigenvalue weighted by molar-refractivity contribution is -0.148. The molecule has 1 atom stereocenters. The number of carboxylic acids is 1. The Labute approximate surface area is 117 Å². The number of nitrogens with one attached hydrogen (secondary N) is 2. The van der Waals surface area contributed by atoms with E-state index in [9.17, 15) is 22.8 Å². The summed E-state index contributed by atoms with van der Waals surface area (Å²) in [5.41, 5.74) is 0. The van der Waals surface area contributed by atoms with Crippen molar-refractivity contribution >= 4 is 27.8 Å². The third-order valence-corrected chi connectivity index (χ3v) is 3.75. The summed E-state index contributed by atoms with van der Waals surface area (Å²) in [4.78, 5) is 34.4. The van der Waals surface area contributed by atoms with Crippen LogP contribution in [0.3, 0.4) is 0 Å². The minimum Gasteiger partial charge on any atom is -0.480 e. The van der Waals surface area contributed by atoms with Gasteiger partial charge in [0.2, 0.25) is 21.8 Å². The van der Waals surface area contributed by atoms with Gasteiger partial charge in [-0.1, -0.05) is 0 Å². The van der Waals surface area contributed by atoms with Crippen molar-refractivity contribution in [3.8, 4) is 0 Å². The zero-order valence-electron chi connectivity index (χ0n) is 11.5. The molecule has 0 radical (unpaired) electrons. The molecule has 3 N–H and O–H groups in total. The summed E-state index contributed by atoms with van der Waals surface area (Å²) in [5.74, 6) is -3.29. The van der Waals surface area contributed by atoms with Crippen LogP contribution in [0.1, 0.15) is 13.8 Å². The second kappa shape index (κ2) is 7.80. The van der Waals surface area contributed by atoms with Crippen LogP contribution in [0.5, 0.6) is 0 Å². The summed E-state index contributed by atoms with van der Waals surface area (Å²) in [6.45, 7) is 2.49. The second-order valence-electron chi connectivity index (χ2n) is 4.05. The largest absolute Gasteiger partial charge is 0.480 e. The summed E-state index contributed by atoms with van der Waals surface area (Å²) in [7, 11) is -2.63. The zero-order valence-corrected chi connectivity index (χ0v) is 12.4. The van der Waals surface area contributed by atoms with Crippen molar-refractivity contribution in [2.24, 2.45) is 0 Å². The number of nitrogens with zero attached hydrogens (tertiary/aromatic N) is 1. The lowest BCUT2D eigenvalue weighted by Crippen LogP contribution is -2.49. The lowest BCUT2D eigenvalue weighted by Gasteiger charge is -2.26. The van der Waals surface area contributed by atoms with Gasteiger partial charge in [-0.15, -0.1) is 0 Å². The number of sulfonamides is 1. The molecule has 0 aliphatic rings. The van der Waals surface area contributed by atoms with Crippen LogP contribution >= 0.6 is 0 Å². The van der Waals surface area contributed by atoms with Gasteiger partial charge in [-0.3, -0.25) is 9.59 Å². The number of aliphatic carboxylic acids is 1. The lowest BCUT2D eigenvalue weighted by atomic mass is 10.3. The molecule has 0 aromatic heterocycles. The molecule has 0 aromatic rings. The monoisotopic (exact) mass is 309 g/mol. The Morgan fingerprint density at radius 3 is 2.25 bits per heavy atom. The molecule has 0 spiro atoms. The topological polar surface area (TPSA) is 133 Å². The van der Waals surface area contributed by atoms with Crippen molar-refractivity contribution < 1.29 is 27.9 Å². The van der Waals surface area contributed by atoms with E-state index in [1.807, 2.05) is 4.72 Å². The quantitative estimate of drug-likeness (QED) is 0.474. The molecule has 0 saturated heterocycles. The van der Waals surface area contributed by atoms with E-state index < -0.39 is 33.7 Å². The number of rotatable bonds is 8. The SMILES string of the molecule is CNS(=O)(=O)CC(=O)N(CCNC(C)=O)C(C)C(=O)O. The summed E-state index contributed by atoms with van der Waals surface area (Å²) >= 11 is 0. The fourth-order valence-corrected chi connectivity index (χ4v) is 1.97. The van der Waals surface area contributed by atoms with Crippen LogP contribution in [0.15, 0.2) is 0 Å².